The molecule has 2 N–H and O–H groups in total. The molecule has 0 spiro atoms. The predicted octanol–water partition coefficient (Wildman–Crippen LogP) is 5.11. The van der Waals surface area contributed by atoms with Crippen LogP contribution in [-0.4, -0.2) is 22.5 Å². The number of rotatable bonds is 7. The van der Waals surface area contributed by atoms with Crippen LogP contribution in [0.2, 0.25) is 0 Å². The Morgan fingerprint density at radius 1 is 1.06 bits per heavy atom. The summed E-state index contributed by atoms with van der Waals surface area (Å²) in [5.41, 5.74) is 1.59. The van der Waals surface area contributed by atoms with E-state index in [0.717, 1.165) is 6.42 Å². The van der Waals surface area contributed by atoms with Crippen molar-refractivity contribution in [3.63, 3.8) is 0 Å². The number of amides is 1. The zero-order chi connectivity index (χ0) is 22.2. The number of ether oxygens (including phenoxy) is 1. The van der Waals surface area contributed by atoms with E-state index in [9.17, 15) is 14.9 Å². The minimum Gasteiger partial charge on any atom is -0.492 e. The van der Waals surface area contributed by atoms with Crippen LogP contribution in [0.4, 0.5) is 11.4 Å². The zero-order valence-electron chi connectivity index (χ0n) is 16.2. The van der Waals surface area contributed by atoms with Gasteiger partial charge in [0.1, 0.15) is 11.4 Å². The Labute approximate surface area is 192 Å². The summed E-state index contributed by atoms with van der Waals surface area (Å²) in [4.78, 5) is 23.1. The highest BCUT2D eigenvalue weighted by Gasteiger charge is 2.15. The summed E-state index contributed by atoms with van der Waals surface area (Å²) in [7, 11) is 0. The van der Waals surface area contributed by atoms with Crippen LogP contribution in [0, 0.1) is 10.1 Å². The Kier molecular flexibility index (Phi) is 7.69. The molecule has 0 aliphatic heterocycles. The van der Waals surface area contributed by atoms with Crippen LogP contribution in [0.15, 0.2) is 77.3 Å². The summed E-state index contributed by atoms with van der Waals surface area (Å²) in [6.45, 7) is 0.498. The molecule has 3 aromatic carbocycles. The number of nitrogens with one attached hydrogen (secondary N) is 2. The summed E-state index contributed by atoms with van der Waals surface area (Å²) in [6.07, 6.45) is 0.765. The molecule has 31 heavy (non-hydrogen) atoms. The summed E-state index contributed by atoms with van der Waals surface area (Å²) < 4.78 is 6.42. The van der Waals surface area contributed by atoms with Gasteiger partial charge in [0.05, 0.1) is 16.0 Å². The topological polar surface area (TPSA) is 93.5 Å². The van der Waals surface area contributed by atoms with Crippen LogP contribution < -0.4 is 15.4 Å². The Morgan fingerprint density at radius 3 is 2.48 bits per heavy atom. The predicted molar refractivity (Wildman–Crippen MR) is 127 cm³/mol. The van der Waals surface area contributed by atoms with Gasteiger partial charge in [-0.15, -0.1) is 0 Å². The van der Waals surface area contributed by atoms with Crippen LogP contribution >= 0.6 is 28.1 Å². The molecule has 3 aromatic rings. The maximum absolute atomic E-state index is 12.5. The fourth-order valence-corrected chi connectivity index (χ4v) is 3.45. The summed E-state index contributed by atoms with van der Waals surface area (Å²) in [6, 6.07) is 21.0. The fraction of sp³-hybridized carbons (Fsp3) is 0.0909. The number of thiocarbonyl (C=S) groups is 1. The van der Waals surface area contributed by atoms with Gasteiger partial charge in [-0.1, -0.05) is 42.5 Å². The van der Waals surface area contributed by atoms with Crippen LogP contribution in [0.5, 0.6) is 5.75 Å². The number of carbonyl (C=O) groups is 1. The van der Waals surface area contributed by atoms with Gasteiger partial charge in [0.15, 0.2) is 5.11 Å². The molecule has 0 radical (unpaired) electrons. The number of hydrogen-bond acceptors (Lipinski definition) is 5. The number of benzene rings is 3. The number of para-hydroxylation sites is 2. The van der Waals surface area contributed by atoms with E-state index in [4.69, 9.17) is 17.0 Å². The third-order valence-corrected chi connectivity index (χ3v) is 5.09. The maximum Gasteiger partial charge on any atom is 0.292 e. The smallest absolute Gasteiger partial charge is 0.292 e. The van der Waals surface area contributed by atoms with Crippen molar-refractivity contribution >= 4 is 50.5 Å². The van der Waals surface area contributed by atoms with E-state index in [1.54, 1.807) is 30.3 Å². The number of nitrogens with zero attached hydrogens (tertiary/aromatic N) is 1. The highest BCUT2D eigenvalue weighted by molar-refractivity contribution is 9.10. The Morgan fingerprint density at radius 2 is 1.77 bits per heavy atom. The maximum atomic E-state index is 12.5. The van der Waals surface area contributed by atoms with Crippen LogP contribution in [0.3, 0.4) is 0 Å². The Bertz CT molecular complexity index is 1110. The Hall–Kier alpha value is -3.30. The van der Waals surface area contributed by atoms with E-state index in [-0.39, 0.29) is 16.5 Å². The molecule has 0 saturated heterocycles. The number of halogens is 1. The number of nitro groups is 1. The first kappa shape index (κ1) is 22.4. The van der Waals surface area contributed by atoms with Gasteiger partial charge in [-0.2, -0.15) is 0 Å². The molecule has 0 aliphatic rings. The van der Waals surface area contributed by atoms with Crippen molar-refractivity contribution in [2.75, 3.05) is 11.9 Å². The molecule has 9 heteroatoms. The highest BCUT2D eigenvalue weighted by Crippen LogP contribution is 2.26. The summed E-state index contributed by atoms with van der Waals surface area (Å²) >= 11 is 8.54. The van der Waals surface area contributed by atoms with E-state index in [1.165, 1.54) is 17.7 Å². The second-order valence-electron chi connectivity index (χ2n) is 6.41. The van der Waals surface area contributed by atoms with Gasteiger partial charge in [-0.05, 0) is 58.0 Å². The summed E-state index contributed by atoms with van der Waals surface area (Å²) in [5.74, 6) is 0.167. The molecule has 0 heterocycles. The normalized spacial score (nSPS) is 10.2. The van der Waals surface area contributed by atoms with Crippen LogP contribution in [0.1, 0.15) is 15.9 Å². The van der Waals surface area contributed by atoms with Gasteiger partial charge in [-0.25, -0.2) is 0 Å². The van der Waals surface area contributed by atoms with Gasteiger partial charge in [0.2, 0.25) is 0 Å². The molecule has 158 valence electrons. The number of anilines is 1. The lowest BCUT2D eigenvalue weighted by molar-refractivity contribution is -0.383. The van der Waals surface area contributed by atoms with E-state index in [1.807, 2.05) is 30.3 Å². The van der Waals surface area contributed by atoms with Gasteiger partial charge >= 0.3 is 0 Å². The minimum atomic E-state index is -0.527. The number of carbonyl (C=O) groups excluding carboxylic acids is 1. The molecule has 0 aliphatic carbocycles. The van der Waals surface area contributed by atoms with Gasteiger partial charge in [0.25, 0.3) is 11.6 Å². The van der Waals surface area contributed by atoms with Gasteiger partial charge in [0, 0.05) is 18.1 Å². The number of nitro benzene ring substituents is 1. The molecule has 1 amide bonds. The van der Waals surface area contributed by atoms with Crippen molar-refractivity contribution in [2.24, 2.45) is 0 Å². The SMILES string of the molecule is O=C(NC(=S)Nc1ccccc1[N+](=O)[O-])c1ccc(OCCc2ccccc2)c(Br)c1. The molecular formula is C22H18BrN3O4S. The molecule has 0 saturated carbocycles. The van der Waals surface area contributed by atoms with Crippen molar-refractivity contribution < 1.29 is 14.5 Å². The largest absolute Gasteiger partial charge is 0.492 e. The standard InChI is InChI=1S/C22H18BrN3O4S/c23-17-14-16(10-11-20(17)30-13-12-15-6-2-1-3-7-15)21(27)25-22(31)24-18-8-4-5-9-19(18)26(28)29/h1-11,14H,12-13H2,(H2,24,25,27,31). The van der Waals surface area contributed by atoms with Crippen molar-refractivity contribution in [1.29, 1.82) is 0 Å². The van der Waals surface area contributed by atoms with Crippen LogP contribution in [-0.2, 0) is 6.42 Å². The molecule has 0 bridgehead atoms. The molecule has 0 aromatic heterocycles. The first-order chi connectivity index (χ1) is 14.9. The molecular weight excluding hydrogens is 482 g/mol. The first-order valence-corrected chi connectivity index (χ1v) is 10.5. The lowest BCUT2D eigenvalue weighted by Crippen LogP contribution is -2.34. The molecule has 7 nitrogen and oxygen atoms in total. The van der Waals surface area contributed by atoms with E-state index < -0.39 is 10.8 Å². The second-order valence-corrected chi connectivity index (χ2v) is 7.67. The molecule has 0 unspecified atom stereocenters. The van der Waals surface area contributed by atoms with Crippen molar-refractivity contribution in [1.82, 2.24) is 5.32 Å². The monoisotopic (exact) mass is 499 g/mol. The third-order valence-electron chi connectivity index (χ3n) is 4.26. The van der Waals surface area contributed by atoms with Crippen LogP contribution in [0.25, 0.3) is 0 Å². The molecule has 3 rings (SSSR count). The zero-order valence-corrected chi connectivity index (χ0v) is 18.6. The van der Waals surface area contributed by atoms with Crippen molar-refractivity contribution in [3.8, 4) is 5.75 Å². The quantitative estimate of drug-likeness (QED) is 0.266. The van der Waals surface area contributed by atoms with Gasteiger partial charge < -0.3 is 10.1 Å². The van der Waals surface area contributed by atoms with E-state index in [2.05, 4.69) is 26.6 Å². The average molecular weight is 500 g/mol. The lowest BCUT2D eigenvalue weighted by Gasteiger charge is -2.12. The van der Waals surface area contributed by atoms with Crippen molar-refractivity contribution in [2.45, 2.75) is 6.42 Å². The fourth-order valence-electron chi connectivity index (χ4n) is 2.75. The minimum absolute atomic E-state index is 0.0430. The lowest BCUT2D eigenvalue weighted by atomic mass is 10.2. The van der Waals surface area contributed by atoms with Gasteiger partial charge in [-0.3, -0.25) is 20.2 Å². The highest BCUT2D eigenvalue weighted by atomic mass is 79.9. The summed E-state index contributed by atoms with van der Waals surface area (Å²) in [5, 5.41) is 16.2. The average Bonchev–Trinajstić information content (AvgIpc) is 2.75. The van der Waals surface area contributed by atoms with Crippen molar-refractivity contribution in [3.05, 3.63) is 98.5 Å². The molecule has 0 fully saturated rings. The molecule has 0 atom stereocenters. The number of hydrogen-bond donors (Lipinski definition) is 2. The van der Waals surface area contributed by atoms with E-state index >= 15 is 0 Å². The third kappa shape index (κ3) is 6.34. The second kappa shape index (κ2) is 10.6. The Balaban J connectivity index is 1.57. The van der Waals surface area contributed by atoms with E-state index in [0.29, 0.717) is 22.4 Å². The first-order valence-electron chi connectivity index (χ1n) is 9.26.